The minimum absolute atomic E-state index is 0.0474. The van der Waals surface area contributed by atoms with E-state index in [0.29, 0.717) is 17.1 Å². The first kappa shape index (κ1) is 14.8. The molecule has 0 saturated heterocycles. The maximum atomic E-state index is 11.0. The van der Waals surface area contributed by atoms with Gasteiger partial charge in [-0.1, -0.05) is 49.7 Å². The van der Waals surface area contributed by atoms with E-state index < -0.39 is 5.97 Å². The van der Waals surface area contributed by atoms with Gasteiger partial charge in [0.15, 0.2) is 11.5 Å². The van der Waals surface area contributed by atoms with Crippen LogP contribution in [0.2, 0.25) is 0 Å². The molecule has 1 saturated carbocycles. The Bertz CT molecular complexity index is 687. The van der Waals surface area contributed by atoms with Crippen LogP contribution in [0.15, 0.2) is 34.9 Å². The summed E-state index contributed by atoms with van der Waals surface area (Å²) in [6, 6.07) is 9.62. The van der Waals surface area contributed by atoms with Gasteiger partial charge in [0, 0.05) is 11.6 Å². The summed E-state index contributed by atoms with van der Waals surface area (Å²) in [5.41, 5.74) is 2.51. The van der Waals surface area contributed by atoms with E-state index >= 15 is 0 Å². The lowest BCUT2D eigenvalue weighted by atomic mass is 9.69. The van der Waals surface area contributed by atoms with E-state index in [1.807, 2.05) is 18.2 Å². The Morgan fingerprint density at radius 3 is 2.82 bits per heavy atom. The third kappa shape index (κ3) is 2.91. The van der Waals surface area contributed by atoms with Crippen molar-refractivity contribution in [2.75, 3.05) is 0 Å². The average Bonchev–Trinajstić information content (AvgIpc) is 2.96. The Balaban J connectivity index is 1.97. The number of hydrogen-bond acceptors (Lipinski definition) is 3. The average molecular weight is 299 g/mol. The van der Waals surface area contributed by atoms with E-state index in [4.69, 9.17) is 9.63 Å². The molecular weight excluding hydrogens is 278 g/mol. The highest BCUT2D eigenvalue weighted by atomic mass is 16.5. The van der Waals surface area contributed by atoms with Crippen LogP contribution >= 0.6 is 0 Å². The number of carbonyl (C=O) groups is 1. The number of rotatable bonds is 3. The monoisotopic (exact) mass is 299 g/mol. The van der Waals surface area contributed by atoms with Gasteiger partial charge in [-0.3, -0.25) is 0 Å². The summed E-state index contributed by atoms with van der Waals surface area (Å²) >= 11 is 0. The molecule has 1 N–H and O–H groups in total. The van der Waals surface area contributed by atoms with Crippen molar-refractivity contribution in [2.45, 2.75) is 45.4 Å². The maximum absolute atomic E-state index is 11.0. The van der Waals surface area contributed by atoms with Crippen molar-refractivity contribution in [2.24, 2.45) is 5.41 Å². The van der Waals surface area contributed by atoms with Gasteiger partial charge >= 0.3 is 5.97 Å². The Morgan fingerprint density at radius 1 is 1.36 bits per heavy atom. The van der Waals surface area contributed by atoms with Crippen LogP contribution in [0.4, 0.5) is 0 Å². The molecule has 0 amide bonds. The van der Waals surface area contributed by atoms with Gasteiger partial charge in [-0.05, 0) is 36.2 Å². The molecule has 4 nitrogen and oxygen atoms in total. The van der Waals surface area contributed by atoms with E-state index in [9.17, 15) is 4.79 Å². The minimum atomic E-state index is -1.06. The van der Waals surface area contributed by atoms with E-state index in [2.05, 4.69) is 25.1 Å². The van der Waals surface area contributed by atoms with E-state index in [1.54, 1.807) is 0 Å². The normalized spacial score (nSPS) is 20.7. The second-order valence-electron chi connectivity index (χ2n) is 6.93. The number of aromatic carboxylic acids is 1. The first-order chi connectivity index (χ1) is 10.5. The third-order valence-electron chi connectivity index (χ3n) is 4.60. The van der Waals surface area contributed by atoms with Gasteiger partial charge in [0.05, 0.1) is 0 Å². The van der Waals surface area contributed by atoms with Crippen LogP contribution < -0.4 is 0 Å². The van der Waals surface area contributed by atoms with Gasteiger partial charge in [0.1, 0.15) is 0 Å². The topological polar surface area (TPSA) is 63.3 Å². The van der Waals surface area contributed by atoms with Gasteiger partial charge in [-0.2, -0.15) is 0 Å². The van der Waals surface area contributed by atoms with Crippen LogP contribution in [0.5, 0.6) is 0 Å². The van der Waals surface area contributed by atoms with Crippen molar-refractivity contribution in [3.63, 3.8) is 0 Å². The van der Waals surface area contributed by atoms with Crippen molar-refractivity contribution >= 4 is 5.97 Å². The van der Waals surface area contributed by atoms with Crippen LogP contribution in [0, 0.1) is 5.41 Å². The molecule has 4 heteroatoms. The molecule has 0 bridgehead atoms. The molecule has 116 valence electrons. The quantitative estimate of drug-likeness (QED) is 0.890. The SMILES string of the molecule is CC1(C)CCCC(c2ccccc2-c2cc(C(=O)O)no2)C1. The summed E-state index contributed by atoms with van der Waals surface area (Å²) in [5, 5.41) is 12.6. The predicted molar refractivity (Wildman–Crippen MR) is 83.9 cm³/mol. The third-order valence-corrected chi connectivity index (χ3v) is 4.60. The number of nitrogens with zero attached hydrogens (tertiary/aromatic N) is 1. The lowest BCUT2D eigenvalue weighted by molar-refractivity contribution is 0.0686. The molecule has 2 aromatic rings. The molecule has 0 radical (unpaired) electrons. The van der Waals surface area contributed by atoms with Gasteiger partial charge in [0.25, 0.3) is 0 Å². The number of hydrogen-bond donors (Lipinski definition) is 1. The minimum Gasteiger partial charge on any atom is -0.476 e. The fraction of sp³-hybridized carbons (Fsp3) is 0.444. The van der Waals surface area contributed by atoms with Crippen LogP contribution in [0.3, 0.4) is 0 Å². The molecule has 0 spiro atoms. The fourth-order valence-corrected chi connectivity index (χ4v) is 3.54. The lowest BCUT2D eigenvalue weighted by Gasteiger charge is -2.36. The highest BCUT2D eigenvalue weighted by Gasteiger charge is 2.30. The molecule has 0 aliphatic heterocycles. The van der Waals surface area contributed by atoms with Crippen molar-refractivity contribution in [3.05, 3.63) is 41.6 Å². The van der Waals surface area contributed by atoms with Gasteiger partial charge in [-0.15, -0.1) is 0 Å². The highest BCUT2D eigenvalue weighted by Crippen LogP contribution is 2.45. The summed E-state index contributed by atoms with van der Waals surface area (Å²) in [6.45, 7) is 4.64. The lowest BCUT2D eigenvalue weighted by Crippen LogP contribution is -2.21. The Labute approximate surface area is 130 Å². The van der Waals surface area contributed by atoms with E-state index in [1.165, 1.54) is 30.9 Å². The molecule has 1 heterocycles. The Hall–Kier alpha value is -2.10. The van der Waals surface area contributed by atoms with E-state index in [0.717, 1.165) is 12.0 Å². The predicted octanol–water partition coefficient (Wildman–Crippen LogP) is 4.72. The number of aromatic nitrogens is 1. The van der Waals surface area contributed by atoms with Gasteiger partial charge in [0.2, 0.25) is 0 Å². The second kappa shape index (κ2) is 5.59. The standard InChI is InChI=1S/C18H21NO3/c1-18(2)9-5-6-12(11-18)13-7-3-4-8-14(13)16-10-15(17(20)21)19-22-16/h3-4,7-8,10,12H,5-6,9,11H2,1-2H3,(H,20,21). The molecular formula is C18H21NO3. The van der Waals surface area contributed by atoms with E-state index in [-0.39, 0.29) is 5.69 Å². The van der Waals surface area contributed by atoms with Crippen molar-refractivity contribution in [1.29, 1.82) is 0 Å². The molecule has 1 aliphatic carbocycles. The highest BCUT2D eigenvalue weighted by molar-refractivity contribution is 5.86. The van der Waals surface area contributed by atoms with Gasteiger partial charge < -0.3 is 9.63 Å². The molecule has 1 aliphatic rings. The zero-order valence-corrected chi connectivity index (χ0v) is 13.0. The van der Waals surface area contributed by atoms with Crippen LogP contribution in [-0.2, 0) is 0 Å². The second-order valence-corrected chi connectivity index (χ2v) is 6.93. The molecule has 1 unspecified atom stereocenters. The number of benzene rings is 1. The summed E-state index contributed by atoms with van der Waals surface area (Å²) in [7, 11) is 0. The molecule has 1 atom stereocenters. The first-order valence-electron chi connectivity index (χ1n) is 7.76. The Kier molecular flexibility index (Phi) is 3.77. The summed E-state index contributed by atoms with van der Waals surface area (Å²) in [6.07, 6.45) is 4.80. The zero-order chi connectivity index (χ0) is 15.7. The smallest absolute Gasteiger partial charge is 0.358 e. The van der Waals surface area contributed by atoms with Crippen LogP contribution in [-0.4, -0.2) is 16.2 Å². The first-order valence-corrected chi connectivity index (χ1v) is 7.76. The Morgan fingerprint density at radius 2 is 2.14 bits per heavy atom. The maximum Gasteiger partial charge on any atom is 0.358 e. The van der Waals surface area contributed by atoms with Crippen molar-refractivity contribution in [3.8, 4) is 11.3 Å². The number of carboxylic acid groups (broad SMARTS) is 1. The zero-order valence-electron chi connectivity index (χ0n) is 13.0. The summed E-state index contributed by atoms with van der Waals surface area (Å²) in [4.78, 5) is 11.0. The van der Waals surface area contributed by atoms with Crippen LogP contribution in [0.25, 0.3) is 11.3 Å². The molecule has 1 aromatic carbocycles. The van der Waals surface area contributed by atoms with Crippen molar-refractivity contribution < 1.29 is 14.4 Å². The summed E-state index contributed by atoms with van der Waals surface area (Å²) < 4.78 is 5.26. The summed E-state index contributed by atoms with van der Waals surface area (Å²) in [5.74, 6) is -0.0408. The fourth-order valence-electron chi connectivity index (χ4n) is 3.54. The van der Waals surface area contributed by atoms with Crippen LogP contribution in [0.1, 0.15) is 61.5 Å². The van der Waals surface area contributed by atoms with Crippen molar-refractivity contribution in [1.82, 2.24) is 5.16 Å². The largest absolute Gasteiger partial charge is 0.476 e. The number of carboxylic acids is 1. The molecule has 3 rings (SSSR count). The van der Waals surface area contributed by atoms with Gasteiger partial charge in [-0.25, -0.2) is 4.79 Å². The molecule has 1 aromatic heterocycles. The molecule has 1 fully saturated rings. The molecule has 22 heavy (non-hydrogen) atoms.